The summed E-state index contributed by atoms with van der Waals surface area (Å²) in [5.74, 6) is 0. The lowest BCUT2D eigenvalue weighted by molar-refractivity contribution is 0.647. The summed E-state index contributed by atoms with van der Waals surface area (Å²) in [4.78, 5) is 0. The first kappa shape index (κ1) is 12.3. The second-order valence-corrected chi connectivity index (χ2v) is 4.27. The molecular weight excluding hydrogens is 224 g/mol. The second-order valence-electron chi connectivity index (χ2n) is 4.27. The highest BCUT2D eigenvalue weighted by atomic mass is 15.3. The third-order valence-corrected chi connectivity index (χ3v) is 3.19. The summed E-state index contributed by atoms with van der Waals surface area (Å²) in [6.45, 7) is 4.15. The zero-order valence-corrected chi connectivity index (χ0v) is 10.8. The molecule has 18 heavy (non-hydrogen) atoms. The molecule has 0 bridgehead atoms. The fourth-order valence-electron chi connectivity index (χ4n) is 1.94. The van der Waals surface area contributed by atoms with Gasteiger partial charge in [-0.2, -0.15) is 10.4 Å². The topological polar surface area (TPSA) is 53.6 Å². The van der Waals surface area contributed by atoms with Crippen molar-refractivity contribution in [2.75, 3.05) is 7.05 Å². The minimum atomic E-state index is 0.275. The van der Waals surface area contributed by atoms with Crippen LogP contribution in [-0.4, -0.2) is 16.8 Å². The Bertz CT molecular complexity index is 575. The monoisotopic (exact) mass is 240 g/mol. The highest BCUT2D eigenvalue weighted by molar-refractivity contribution is 5.40. The molecule has 4 heteroatoms. The van der Waals surface area contributed by atoms with E-state index in [1.807, 2.05) is 37.0 Å². The lowest BCUT2D eigenvalue weighted by Gasteiger charge is -2.10. The van der Waals surface area contributed by atoms with Crippen LogP contribution < -0.4 is 5.32 Å². The molecule has 1 heterocycles. The van der Waals surface area contributed by atoms with Crippen LogP contribution in [0.2, 0.25) is 0 Å². The summed E-state index contributed by atoms with van der Waals surface area (Å²) in [6.07, 6.45) is 1.88. The Labute approximate surface area is 107 Å². The Morgan fingerprint density at radius 3 is 2.56 bits per heavy atom. The lowest BCUT2D eigenvalue weighted by Crippen LogP contribution is -2.13. The van der Waals surface area contributed by atoms with Crippen molar-refractivity contribution < 1.29 is 0 Å². The van der Waals surface area contributed by atoms with Crippen LogP contribution >= 0.6 is 0 Å². The number of aromatic nitrogens is 2. The maximum absolute atomic E-state index is 8.78. The van der Waals surface area contributed by atoms with Gasteiger partial charge in [0, 0.05) is 17.3 Å². The second kappa shape index (κ2) is 5.03. The van der Waals surface area contributed by atoms with Crippen LogP contribution in [0.4, 0.5) is 0 Å². The molecule has 1 atom stereocenters. The number of rotatable bonds is 3. The van der Waals surface area contributed by atoms with Gasteiger partial charge in [0.15, 0.2) is 0 Å². The van der Waals surface area contributed by atoms with E-state index >= 15 is 0 Å². The molecule has 1 aromatic carbocycles. The molecule has 1 N–H and O–H groups in total. The molecule has 0 aliphatic carbocycles. The fourth-order valence-corrected chi connectivity index (χ4v) is 1.94. The van der Waals surface area contributed by atoms with Crippen LogP contribution in [0.15, 0.2) is 30.5 Å². The SMILES string of the molecule is CNC(C)c1cnn(-c2ccc(C#N)cc2)c1C. The predicted molar refractivity (Wildman–Crippen MR) is 70.5 cm³/mol. The lowest BCUT2D eigenvalue weighted by atomic mass is 10.1. The molecule has 2 aromatic rings. The first-order chi connectivity index (χ1) is 8.67. The van der Waals surface area contributed by atoms with Crippen molar-refractivity contribution in [1.29, 1.82) is 5.26 Å². The third-order valence-electron chi connectivity index (χ3n) is 3.19. The molecule has 0 saturated carbocycles. The van der Waals surface area contributed by atoms with E-state index in [0.29, 0.717) is 5.56 Å². The molecule has 0 aliphatic rings. The number of nitriles is 1. The first-order valence-electron chi connectivity index (χ1n) is 5.89. The average molecular weight is 240 g/mol. The van der Waals surface area contributed by atoms with Gasteiger partial charge < -0.3 is 5.32 Å². The molecule has 1 unspecified atom stereocenters. The number of nitrogens with one attached hydrogen (secondary N) is 1. The quantitative estimate of drug-likeness (QED) is 0.895. The molecule has 0 aliphatic heterocycles. The number of hydrogen-bond donors (Lipinski definition) is 1. The van der Waals surface area contributed by atoms with Gasteiger partial charge >= 0.3 is 0 Å². The van der Waals surface area contributed by atoms with E-state index in [0.717, 1.165) is 11.4 Å². The highest BCUT2D eigenvalue weighted by Gasteiger charge is 2.12. The third kappa shape index (κ3) is 2.13. The van der Waals surface area contributed by atoms with Gasteiger partial charge in [-0.05, 0) is 45.2 Å². The van der Waals surface area contributed by atoms with Crippen LogP contribution in [-0.2, 0) is 0 Å². The van der Waals surface area contributed by atoms with Gasteiger partial charge in [-0.25, -0.2) is 4.68 Å². The number of nitrogens with zero attached hydrogens (tertiary/aromatic N) is 3. The average Bonchev–Trinajstić information content (AvgIpc) is 2.80. The zero-order valence-electron chi connectivity index (χ0n) is 10.8. The van der Waals surface area contributed by atoms with Crippen LogP contribution in [0.25, 0.3) is 5.69 Å². The maximum Gasteiger partial charge on any atom is 0.0991 e. The van der Waals surface area contributed by atoms with Crippen LogP contribution in [0.5, 0.6) is 0 Å². The van der Waals surface area contributed by atoms with Crippen molar-refractivity contribution in [1.82, 2.24) is 15.1 Å². The van der Waals surface area contributed by atoms with Crippen molar-refractivity contribution >= 4 is 0 Å². The molecule has 4 nitrogen and oxygen atoms in total. The van der Waals surface area contributed by atoms with E-state index in [2.05, 4.69) is 23.4 Å². The van der Waals surface area contributed by atoms with Crippen molar-refractivity contribution in [3.05, 3.63) is 47.3 Å². The summed E-state index contributed by atoms with van der Waals surface area (Å²) >= 11 is 0. The van der Waals surface area contributed by atoms with Crippen molar-refractivity contribution in [2.24, 2.45) is 0 Å². The van der Waals surface area contributed by atoms with E-state index in [9.17, 15) is 0 Å². The molecule has 0 fully saturated rings. The van der Waals surface area contributed by atoms with Crippen LogP contribution in [0, 0.1) is 18.3 Å². The Kier molecular flexibility index (Phi) is 3.45. The van der Waals surface area contributed by atoms with Crippen molar-refractivity contribution in [3.8, 4) is 11.8 Å². The van der Waals surface area contributed by atoms with E-state index in [1.54, 1.807) is 12.1 Å². The highest BCUT2D eigenvalue weighted by Crippen LogP contribution is 2.19. The Morgan fingerprint density at radius 1 is 1.33 bits per heavy atom. The van der Waals surface area contributed by atoms with Crippen LogP contribution in [0.3, 0.4) is 0 Å². The predicted octanol–water partition coefficient (Wildman–Crippen LogP) is 2.33. The maximum atomic E-state index is 8.78. The molecule has 92 valence electrons. The summed E-state index contributed by atoms with van der Waals surface area (Å²) in [6, 6.07) is 9.81. The smallest absolute Gasteiger partial charge is 0.0991 e. The van der Waals surface area contributed by atoms with E-state index in [1.165, 1.54) is 5.56 Å². The summed E-state index contributed by atoms with van der Waals surface area (Å²) in [7, 11) is 1.93. The molecule has 0 amide bonds. The van der Waals surface area contributed by atoms with Crippen LogP contribution in [0.1, 0.15) is 29.8 Å². The molecule has 0 spiro atoms. The minimum Gasteiger partial charge on any atom is -0.313 e. The standard InChI is InChI=1S/C14H16N4/c1-10(16-3)14-9-17-18(11(14)2)13-6-4-12(8-15)5-7-13/h4-7,9-10,16H,1-3H3. The van der Waals surface area contributed by atoms with E-state index in [-0.39, 0.29) is 6.04 Å². The van der Waals surface area contributed by atoms with Crippen molar-refractivity contribution in [3.63, 3.8) is 0 Å². The largest absolute Gasteiger partial charge is 0.313 e. The first-order valence-corrected chi connectivity index (χ1v) is 5.89. The zero-order chi connectivity index (χ0) is 13.1. The Balaban J connectivity index is 2.39. The van der Waals surface area contributed by atoms with Gasteiger partial charge in [-0.1, -0.05) is 0 Å². The van der Waals surface area contributed by atoms with Gasteiger partial charge in [0.1, 0.15) is 0 Å². The van der Waals surface area contributed by atoms with Gasteiger partial charge in [0.2, 0.25) is 0 Å². The fraction of sp³-hybridized carbons (Fsp3) is 0.286. The normalized spacial score (nSPS) is 12.1. The molecule has 1 aromatic heterocycles. The Morgan fingerprint density at radius 2 is 2.00 bits per heavy atom. The van der Waals surface area contributed by atoms with Crippen molar-refractivity contribution in [2.45, 2.75) is 19.9 Å². The summed E-state index contributed by atoms with van der Waals surface area (Å²) in [5.41, 5.74) is 3.93. The summed E-state index contributed by atoms with van der Waals surface area (Å²) < 4.78 is 1.89. The molecule has 0 radical (unpaired) electrons. The number of benzene rings is 1. The molecular formula is C14H16N4. The van der Waals surface area contributed by atoms with Gasteiger partial charge in [0.05, 0.1) is 23.5 Å². The Hall–Kier alpha value is -2.12. The van der Waals surface area contributed by atoms with Gasteiger partial charge in [0.25, 0.3) is 0 Å². The molecule has 2 rings (SSSR count). The number of hydrogen-bond acceptors (Lipinski definition) is 3. The van der Waals surface area contributed by atoms with Gasteiger partial charge in [-0.15, -0.1) is 0 Å². The minimum absolute atomic E-state index is 0.275. The molecule has 0 saturated heterocycles. The van der Waals surface area contributed by atoms with E-state index < -0.39 is 0 Å². The summed E-state index contributed by atoms with van der Waals surface area (Å²) in [5, 5.41) is 16.4. The van der Waals surface area contributed by atoms with E-state index in [4.69, 9.17) is 5.26 Å². The van der Waals surface area contributed by atoms with Gasteiger partial charge in [-0.3, -0.25) is 0 Å².